The number of halogens is 2. The smallest absolute Gasteiger partial charge is 0.387 e. The van der Waals surface area contributed by atoms with Crippen molar-refractivity contribution in [1.29, 1.82) is 0 Å². The second kappa shape index (κ2) is 6.83. The van der Waals surface area contributed by atoms with E-state index in [9.17, 15) is 18.4 Å². The summed E-state index contributed by atoms with van der Waals surface area (Å²) >= 11 is 0. The topological polar surface area (TPSA) is 75.6 Å². The van der Waals surface area contributed by atoms with E-state index in [4.69, 9.17) is 5.11 Å². The first-order valence-corrected chi connectivity index (χ1v) is 5.89. The summed E-state index contributed by atoms with van der Waals surface area (Å²) in [5, 5.41) is 11.3. The molecule has 0 saturated heterocycles. The number of aliphatic carboxylic acids is 1. The lowest BCUT2D eigenvalue weighted by molar-refractivity contribution is -0.140. The number of hydrogen-bond donors (Lipinski definition) is 2. The minimum absolute atomic E-state index is 0.0739. The van der Waals surface area contributed by atoms with Gasteiger partial charge >= 0.3 is 12.6 Å². The number of rotatable bonds is 6. The molecule has 2 N–H and O–H groups in total. The first-order valence-electron chi connectivity index (χ1n) is 5.89. The molecule has 1 rings (SSSR count). The molecule has 0 aliphatic rings. The highest BCUT2D eigenvalue weighted by atomic mass is 19.3. The van der Waals surface area contributed by atoms with Gasteiger partial charge in [0, 0.05) is 5.56 Å². The number of carboxylic acids is 1. The molecule has 0 aromatic heterocycles. The molecule has 0 heterocycles. The number of ether oxygens (including phenoxy) is 1. The molecule has 0 unspecified atom stereocenters. The molecule has 1 aromatic rings. The van der Waals surface area contributed by atoms with Gasteiger partial charge in [0.15, 0.2) is 0 Å². The first kappa shape index (κ1) is 15.9. The summed E-state index contributed by atoms with van der Waals surface area (Å²) in [4.78, 5) is 22.8. The van der Waals surface area contributed by atoms with Crippen LogP contribution in [0.5, 0.6) is 5.75 Å². The van der Waals surface area contributed by atoms with Gasteiger partial charge in [0.05, 0.1) is 0 Å². The highest BCUT2D eigenvalue weighted by molar-refractivity contribution is 5.96. The Hall–Kier alpha value is -2.18. The van der Waals surface area contributed by atoms with E-state index >= 15 is 0 Å². The summed E-state index contributed by atoms with van der Waals surface area (Å²) in [5.41, 5.74) is 0.165. The zero-order valence-corrected chi connectivity index (χ0v) is 11.0. The highest BCUT2D eigenvalue weighted by Crippen LogP contribution is 2.15. The third kappa shape index (κ3) is 4.49. The number of carbonyl (C=O) groups is 2. The molecule has 0 bridgehead atoms. The fraction of sp³-hybridized carbons (Fsp3) is 0.385. The van der Waals surface area contributed by atoms with Crippen molar-refractivity contribution in [3.8, 4) is 5.75 Å². The lowest BCUT2D eigenvalue weighted by atomic mass is 10.0. The average Bonchev–Trinajstić information content (AvgIpc) is 2.35. The average molecular weight is 287 g/mol. The first-order chi connectivity index (χ1) is 9.31. The number of carboxylic acid groups (broad SMARTS) is 1. The Kier molecular flexibility index (Phi) is 5.42. The summed E-state index contributed by atoms with van der Waals surface area (Å²) < 4.78 is 28.1. The largest absolute Gasteiger partial charge is 0.480 e. The van der Waals surface area contributed by atoms with Gasteiger partial charge in [0.1, 0.15) is 11.8 Å². The Bertz CT molecular complexity index is 474. The molecule has 1 amide bonds. The van der Waals surface area contributed by atoms with Crippen LogP contribution in [0.15, 0.2) is 24.3 Å². The normalized spacial score (nSPS) is 12.3. The number of amides is 1. The fourth-order valence-corrected chi connectivity index (χ4v) is 1.53. The van der Waals surface area contributed by atoms with Crippen LogP contribution in [0.3, 0.4) is 0 Å². The molecule has 7 heteroatoms. The predicted octanol–water partition coefficient (Wildman–Crippen LogP) is 2.13. The van der Waals surface area contributed by atoms with Gasteiger partial charge in [-0.1, -0.05) is 13.8 Å². The summed E-state index contributed by atoms with van der Waals surface area (Å²) in [6.45, 7) is 0.393. The minimum atomic E-state index is -2.94. The minimum Gasteiger partial charge on any atom is -0.480 e. The molecule has 20 heavy (non-hydrogen) atoms. The van der Waals surface area contributed by atoms with Crippen molar-refractivity contribution in [2.75, 3.05) is 0 Å². The van der Waals surface area contributed by atoms with E-state index in [-0.39, 0.29) is 17.2 Å². The van der Waals surface area contributed by atoms with E-state index in [2.05, 4.69) is 10.1 Å². The number of carbonyl (C=O) groups excluding carboxylic acids is 1. The maximum absolute atomic E-state index is 12.0. The van der Waals surface area contributed by atoms with Gasteiger partial charge in [-0.25, -0.2) is 4.79 Å². The quantitative estimate of drug-likeness (QED) is 0.840. The van der Waals surface area contributed by atoms with Gasteiger partial charge in [-0.05, 0) is 30.2 Å². The van der Waals surface area contributed by atoms with E-state index in [1.807, 2.05) is 0 Å². The van der Waals surface area contributed by atoms with Crippen LogP contribution < -0.4 is 10.1 Å². The van der Waals surface area contributed by atoms with Gasteiger partial charge in [-0.2, -0.15) is 8.78 Å². The van der Waals surface area contributed by atoms with Crippen LogP contribution in [0.25, 0.3) is 0 Å². The molecular weight excluding hydrogens is 272 g/mol. The van der Waals surface area contributed by atoms with Gasteiger partial charge in [-0.3, -0.25) is 4.79 Å². The zero-order chi connectivity index (χ0) is 15.3. The van der Waals surface area contributed by atoms with Crippen molar-refractivity contribution in [3.05, 3.63) is 29.8 Å². The highest BCUT2D eigenvalue weighted by Gasteiger charge is 2.23. The van der Waals surface area contributed by atoms with Crippen molar-refractivity contribution in [2.45, 2.75) is 26.5 Å². The van der Waals surface area contributed by atoms with Crippen molar-refractivity contribution in [3.63, 3.8) is 0 Å². The van der Waals surface area contributed by atoms with Crippen molar-refractivity contribution in [2.24, 2.45) is 5.92 Å². The van der Waals surface area contributed by atoms with Gasteiger partial charge in [0.2, 0.25) is 0 Å². The number of nitrogens with one attached hydrogen (secondary N) is 1. The van der Waals surface area contributed by atoms with Crippen LogP contribution in [-0.4, -0.2) is 29.6 Å². The number of benzene rings is 1. The molecule has 0 spiro atoms. The van der Waals surface area contributed by atoms with E-state index < -0.39 is 24.5 Å². The van der Waals surface area contributed by atoms with Gasteiger partial charge in [-0.15, -0.1) is 0 Å². The second-order valence-electron chi connectivity index (χ2n) is 4.44. The van der Waals surface area contributed by atoms with Crippen LogP contribution >= 0.6 is 0 Å². The second-order valence-corrected chi connectivity index (χ2v) is 4.44. The van der Waals surface area contributed by atoms with E-state index in [1.54, 1.807) is 13.8 Å². The fourth-order valence-electron chi connectivity index (χ4n) is 1.53. The Balaban J connectivity index is 2.74. The Morgan fingerprint density at radius 3 is 2.15 bits per heavy atom. The Morgan fingerprint density at radius 1 is 1.20 bits per heavy atom. The monoisotopic (exact) mass is 287 g/mol. The van der Waals surface area contributed by atoms with E-state index in [0.29, 0.717) is 0 Å². The molecule has 0 fully saturated rings. The van der Waals surface area contributed by atoms with Crippen LogP contribution in [-0.2, 0) is 4.79 Å². The van der Waals surface area contributed by atoms with Crippen LogP contribution in [0, 0.1) is 5.92 Å². The SMILES string of the molecule is CC(C)[C@@H](NC(=O)c1ccc(OC(F)F)cc1)C(=O)O. The molecule has 1 aromatic carbocycles. The third-order valence-corrected chi connectivity index (χ3v) is 2.56. The van der Waals surface area contributed by atoms with Gasteiger partial charge < -0.3 is 15.2 Å². The lowest BCUT2D eigenvalue weighted by Gasteiger charge is -2.17. The standard InChI is InChI=1S/C13H15F2NO4/c1-7(2)10(12(18)19)16-11(17)8-3-5-9(6-4-8)20-13(14)15/h3-7,10,13H,1-2H3,(H,16,17)(H,18,19)/t10-/m1/s1. The van der Waals surface area contributed by atoms with Crippen LogP contribution in [0.4, 0.5) is 8.78 Å². The maximum atomic E-state index is 12.0. The van der Waals surface area contributed by atoms with Crippen LogP contribution in [0.1, 0.15) is 24.2 Å². The van der Waals surface area contributed by atoms with Crippen molar-refractivity contribution >= 4 is 11.9 Å². The molecule has 0 aliphatic carbocycles. The van der Waals surface area contributed by atoms with E-state index in [1.165, 1.54) is 24.3 Å². The molecule has 1 atom stereocenters. The predicted molar refractivity (Wildman–Crippen MR) is 66.8 cm³/mol. The molecule has 0 radical (unpaired) electrons. The Labute approximate surface area is 114 Å². The summed E-state index contributed by atoms with van der Waals surface area (Å²) in [5.74, 6) is -2.08. The summed E-state index contributed by atoms with van der Waals surface area (Å²) in [6.07, 6.45) is 0. The van der Waals surface area contributed by atoms with Crippen LogP contribution in [0.2, 0.25) is 0 Å². The number of hydrogen-bond acceptors (Lipinski definition) is 3. The van der Waals surface area contributed by atoms with Crippen molar-refractivity contribution in [1.82, 2.24) is 5.32 Å². The van der Waals surface area contributed by atoms with Crippen molar-refractivity contribution < 1.29 is 28.2 Å². The summed E-state index contributed by atoms with van der Waals surface area (Å²) in [7, 11) is 0. The molecule has 110 valence electrons. The van der Waals surface area contributed by atoms with E-state index in [0.717, 1.165) is 0 Å². The summed E-state index contributed by atoms with van der Waals surface area (Å²) in [6, 6.07) is 3.98. The third-order valence-electron chi connectivity index (χ3n) is 2.56. The maximum Gasteiger partial charge on any atom is 0.387 e. The molecule has 0 saturated carbocycles. The number of alkyl halides is 2. The Morgan fingerprint density at radius 2 is 1.75 bits per heavy atom. The molecular formula is C13H15F2NO4. The lowest BCUT2D eigenvalue weighted by Crippen LogP contribution is -2.44. The molecule has 0 aliphatic heterocycles. The molecule has 5 nitrogen and oxygen atoms in total. The zero-order valence-electron chi connectivity index (χ0n) is 11.0. The van der Waals surface area contributed by atoms with Gasteiger partial charge in [0.25, 0.3) is 5.91 Å².